The molecule has 0 bridgehead atoms. The maximum absolute atomic E-state index is 13.2. The summed E-state index contributed by atoms with van der Waals surface area (Å²) >= 11 is 5.96. The summed E-state index contributed by atoms with van der Waals surface area (Å²) < 4.78 is 10.7. The Bertz CT molecular complexity index is 1060. The molecule has 2 aliphatic heterocycles. The minimum atomic E-state index is 0.00893. The van der Waals surface area contributed by atoms with E-state index < -0.39 is 0 Å². The predicted molar refractivity (Wildman–Crippen MR) is 105 cm³/mol. The SMILES string of the molecule is COc1ccc2c(n1)CCC1CCC(c3nc(-c4cc(Cl)c[nH]4)no3)CN1C2=O. The Balaban J connectivity index is 1.39. The number of aryl methyl sites for hydroxylation is 1. The fraction of sp³-hybridized carbons (Fsp3) is 0.400. The van der Waals surface area contributed by atoms with Gasteiger partial charge in [0.05, 0.1) is 35.0 Å². The van der Waals surface area contributed by atoms with Crippen LogP contribution in [0.25, 0.3) is 11.5 Å². The lowest BCUT2D eigenvalue weighted by Crippen LogP contribution is -2.45. The highest BCUT2D eigenvalue weighted by Crippen LogP contribution is 2.35. The van der Waals surface area contributed by atoms with Crippen molar-refractivity contribution in [2.24, 2.45) is 0 Å². The summed E-state index contributed by atoms with van der Waals surface area (Å²) in [4.78, 5) is 27.2. The molecule has 1 amide bonds. The Kier molecular flexibility index (Phi) is 4.50. The lowest BCUT2D eigenvalue weighted by molar-refractivity contribution is 0.0570. The van der Waals surface area contributed by atoms with Crippen LogP contribution in [0.5, 0.6) is 5.88 Å². The third kappa shape index (κ3) is 3.27. The summed E-state index contributed by atoms with van der Waals surface area (Å²) in [6, 6.07) is 5.51. The number of nitrogens with one attached hydrogen (secondary N) is 1. The van der Waals surface area contributed by atoms with E-state index in [4.69, 9.17) is 20.9 Å². The molecule has 0 aromatic carbocycles. The third-order valence-corrected chi connectivity index (χ3v) is 5.97. The first-order valence-corrected chi connectivity index (χ1v) is 10.0. The van der Waals surface area contributed by atoms with Gasteiger partial charge in [-0.2, -0.15) is 4.98 Å². The van der Waals surface area contributed by atoms with Crippen LogP contribution >= 0.6 is 11.6 Å². The van der Waals surface area contributed by atoms with Gasteiger partial charge in [0.2, 0.25) is 17.6 Å². The predicted octanol–water partition coefficient (Wildman–Crippen LogP) is 3.46. The Morgan fingerprint density at radius 3 is 2.97 bits per heavy atom. The van der Waals surface area contributed by atoms with Crippen LogP contribution in [0.15, 0.2) is 28.9 Å². The van der Waals surface area contributed by atoms with E-state index in [0.29, 0.717) is 40.4 Å². The Morgan fingerprint density at radius 1 is 1.28 bits per heavy atom. The number of H-pyrrole nitrogens is 1. The zero-order valence-electron chi connectivity index (χ0n) is 15.9. The highest BCUT2D eigenvalue weighted by molar-refractivity contribution is 6.30. The van der Waals surface area contributed by atoms with Crippen molar-refractivity contribution in [3.63, 3.8) is 0 Å². The summed E-state index contributed by atoms with van der Waals surface area (Å²) in [6.45, 7) is 0.558. The van der Waals surface area contributed by atoms with Crippen molar-refractivity contribution >= 4 is 17.5 Å². The third-order valence-electron chi connectivity index (χ3n) is 5.75. The molecule has 1 N–H and O–H groups in total. The highest BCUT2D eigenvalue weighted by atomic mass is 35.5. The van der Waals surface area contributed by atoms with Gasteiger partial charge >= 0.3 is 0 Å². The first kappa shape index (κ1) is 18.2. The second-order valence-corrected chi connectivity index (χ2v) is 7.90. The molecule has 3 aromatic rings. The van der Waals surface area contributed by atoms with Crippen LogP contribution < -0.4 is 4.74 Å². The smallest absolute Gasteiger partial charge is 0.255 e. The number of aromatic nitrogens is 4. The number of carbonyl (C=O) groups excluding carboxylic acids is 1. The van der Waals surface area contributed by atoms with Crippen LogP contribution in [0.4, 0.5) is 0 Å². The van der Waals surface area contributed by atoms with E-state index in [1.54, 1.807) is 25.4 Å². The Morgan fingerprint density at radius 2 is 2.17 bits per heavy atom. The normalized spacial score (nSPS) is 21.4. The zero-order chi connectivity index (χ0) is 20.0. The number of rotatable bonds is 3. The van der Waals surface area contributed by atoms with Gasteiger partial charge in [-0.25, -0.2) is 4.98 Å². The molecule has 8 nitrogen and oxygen atoms in total. The van der Waals surface area contributed by atoms with E-state index in [0.717, 1.165) is 31.4 Å². The van der Waals surface area contributed by atoms with Crippen LogP contribution in [0.1, 0.15) is 47.1 Å². The number of aromatic amines is 1. The second-order valence-electron chi connectivity index (χ2n) is 7.46. The monoisotopic (exact) mass is 413 g/mol. The number of nitrogens with zero attached hydrogens (tertiary/aromatic N) is 4. The Hall–Kier alpha value is -2.87. The van der Waals surface area contributed by atoms with Gasteiger partial charge in [0.1, 0.15) is 0 Å². The van der Waals surface area contributed by atoms with Gasteiger partial charge in [-0.3, -0.25) is 4.79 Å². The quantitative estimate of drug-likeness (QED) is 0.706. The molecule has 1 fully saturated rings. The number of piperidine rings is 1. The summed E-state index contributed by atoms with van der Waals surface area (Å²) in [5, 5.41) is 4.66. The zero-order valence-corrected chi connectivity index (χ0v) is 16.6. The number of ether oxygens (including phenoxy) is 1. The standard InChI is InChI=1S/C20H20ClN5O3/c1-28-17-7-5-14-15(23-17)6-4-13-3-2-11(10-26(13)20(14)27)19-24-18(25-29-19)16-8-12(21)9-22-16/h5,7-9,11,13,22H,2-4,6,10H2,1H3. The number of halogens is 1. The van der Waals surface area contributed by atoms with Crippen molar-refractivity contribution in [1.29, 1.82) is 0 Å². The van der Waals surface area contributed by atoms with Crippen molar-refractivity contribution in [1.82, 2.24) is 25.0 Å². The number of hydrogen-bond donors (Lipinski definition) is 1. The summed E-state index contributed by atoms with van der Waals surface area (Å²) in [7, 11) is 1.58. The molecule has 29 heavy (non-hydrogen) atoms. The number of amides is 1. The van der Waals surface area contributed by atoms with Crippen molar-refractivity contribution in [2.75, 3.05) is 13.7 Å². The molecule has 1 saturated heterocycles. The topological polar surface area (TPSA) is 97.1 Å². The molecule has 2 aliphatic rings. The molecular weight excluding hydrogens is 394 g/mol. The van der Waals surface area contributed by atoms with Gasteiger partial charge in [0.15, 0.2) is 0 Å². The lowest BCUT2D eigenvalue weighted by atomic mass is 9.91. The minimum absolute atomic E-state index is 0.00893. The van der Waals surface area contributed by atoms with Crippen molar-refractivity contribution < 1.29 is 14.1 Å². The van der Waals surface area contributed by atoms with E-state index >= 15 is 0 Å². The maximum atomic E-state index is 13.2. The minimum Gasteiger partial charge on any atom is -0.481 e. The summed E-state index contributed by atoms with van der Waals surface area (Å²) in [5.74, 6) is 1.58. The maximum Gasteiger partial charge on any atom is 0.255 e. The van der Waals surface area contributed by atoms with Crippen LogP contribution in [0.2, 0.25) is 5.02 Å². The van der Waals surface area contributed by atoms with Crippen LogP contribution in [-0.4, -0.2) is 50.6 Å². The van der Waals surface area contributed by atoms with Crippen molar-refractivity contribution in [3.8, 4) is 17.4 Å². The highest BCUT2D eigenvalue weighted by Gasteiger charge is 2.38. The van der Waals surface area contributed by atoms with Gasteiger partial charge in [-0.05, 0) is 37.8 Å². The molecule has 5 heterocycles. The van der Waals surface area contributed by atoms with Crippen molar-refractivity contribution in [3.05, 3.63) is 46.6 Å². The molecule has 0 radical (unpaired) electrons. The van der Waals surface area contributed by atoms with E-state index in [1.165, 1.54) is 0 Å². The molecular formula is C20H20ClN5O3. The molecule has 3 aromatic heterocycles. The molecule has 0 spiro atoms. The number of carbonyl (C=O) groups is 1. The molecule has 150 valence electrons. The number of methoxy groups -OCH3 is 1. The van der Waals surface area contributed by atoms with Crippen molar-refractivity contribution in [2.45, 2.75) is 37.6 Å². The molecule has 0 aliphatic carbocycles. The fourth-order valence-electron chi connectivity index (χ4n) is 4.22. The van der Waals surface area contributed by atoms with Crippen LogP contribution in [-0.2, 0) is 6.42 Å². The second kappa shape index (κ2) is 7.18. The first-order valence-electron chi connectivity index (χ1n) is 9.65. The van der Waals surface area contributed by atoms with E-state index in [9.17, 15) is 4.79 Å². The fourth-order valence-corrected chi connectivity index (χ4v) is 4.39. The molecule has 2 unspecified atom stereocenters. The molecule has 0 saturated carbocycles. The van der Waals surface area contributed by atoms with Gasteiger partial charge < -0.3 is 19.1 Å². The van der Waals surface area contributed by atoms with E-state index in [2.05, 4.69) is 20.1 Å². The lowest BCUT2D eigenvalue weighted by Gasteiger charge is -2.37. The van der Waals surface area contributed by atoms with E-state index in [-0.39, 0.29) is 17.9 Å². The average Bonchev–Trinajstić information content (AvgIpc) is 3.38. The van der Waals surface area contributed by atoms with Gasteiger partial charge in [0, 0.05) is 24.8 Å². The van der Waals surface area contributed by atoms with Gasteiger partial charge in [-0.15, -0.1) is 0 Å². The summed E-state index contributed by atoms with van der Waals surface area (Å²) in [6.07, 6.45) is 5.13. The van der Waals surface area contributed by atoms with Crippen LogP contribution in [0, 0.1) is 0 Å². The molecule has 5 rings (SSSR count). The molecule has 9 heteroatoms. The average molecular weight is 414 g/mol. The number of pyridine rings is 1. The number of fused-ring (bicyclic) bond motifs is 2. The molecule has 2 atom stereocenters. The Labute approximate surface area is 172 Å². The van der Waals surface area contributed by atoms with Gasteiger partial charge in [-0.1, -0.05) is 16.8 Å². The van der Waals surface area contributed by atoms with Gasteiger partial charge in [0.25, 0.3) is 5.91 Å². The number of hydrogen-bond acceptors (Lipinski definition) is 6. The summed E-state index contributed by atoms with van der Waals surface area (Å²) in [5.41, 5.74) is 2.17. The van der Waals surface area contributed by atoms with E-state index in [1.807, 2.05) is 11.0 Å². The largest absolute Gasteiger partial charge is 0.481 e. The first-order chi connectivity index (χ1) is 14.1. The van der Waals surface area contributed by atoms with Crippen LogP contribution in [0.3, 0.4) is 0 Å².